The van der Waals surface area contributed by atoms with E-state index in [0.29, 0.717) is 0 Å². The molecule has 0 unspecified atom stereocenters. The molecule has 1 heteroatoms. The highest BCUT2D eigenvalue weighted by atomic mass is 14.0. The summed E-state index contributed by atoms with van der Waals surface area (Å²) in [7, 11) is 2.21. The summed E-state index contributed by atoms with van der Waals surface area (Å²) >= 11 is 0. The molecule has 0 aliphatic carbocycles. The number of benzene rings is 2. The zero-order valence-corrected chi connectivity index (χ0v) is 8.17. The Bertz CT molecular complexity index is 432. The Balaban J connectivity index is 2.79. The smallest absolute Gasteiger partial charge is 0.0782 e. The second-order valence-electron chi connectivity index (χ2n) is 3.42. The highest BCUT2D eigenvalue weighted by Gasteiger charge is 1.99. The van der Waals surface area contributed by atoms with Crippen LogP contribution in [0.25, 0.3) is 10.8 Å². The van der Waals surface area contributed by atoms with Crippen LogP contribution in [0.15, 0.2) is 36.4 Å². The van der Waals surface area contributed by atoms with E-state index in [0.717, 1.165) is 6.42 Å². The van der Waals surface area contributed by atoms with Crippen molar-refractivity contribution < 1.29 is 0 Å². The van der Waals surface area contributed by atoms with E-state index in [1.54, 1.807) is 0 Å². The predicted octanol–water partition coefficient (Wildman–Crippen LogP) is 1.66. The monoisotopic (exact) mass is 168 g/mol. The van der Waals surface area contributed by atoms with E-state index in [-0.39, 0.29) is 0 Å². The number of fused-ring (bicyclic) bond motifs is 1. The molecule has 0 radical (unpaired) electrons. The molecule has 0 saturated carbocycles. The van der Waals surface area contributed by atoms with Crippen molar-refractivity contribution in [2.45, 2.75) is 13.3 Å². The summed E-state index contributed by atoms with van der Waals surface area (Å²) in [6, 6.07) is 13.0. The van der Waals surface area contributed by atoms with Crippen LogP contribution in [0.5, 0.6) is 0 Å². The number of hydrogen-bond acceptors (Lipinski definition) is 0. The van der Waals surface area contributed by atoms with E-state index in [1.165, 1.54) is 21.8 Å². The minimum Gasteiger partial charge on any atom is -0.0782 e. The molecule has 0 aromatic heterocycles. The van der Waals surface area contributed by atoms with Crippen molar-refractivity contribution in [3.05, 3.63) is 42.0 Å². The quantitative estimate of drug-likeness (QED) is 0.568. The molecule has 0 aliphatic heterocycles. The fourth-order valence-electron chi connectivity index (χ4n) is 1.86. The fraction of sp³-hybridized carbons (Fsp3) is 0.167. The highest BCUT2D eigenvalue weighted by Crippen LogP contribution is 2.12. The average Bonchev–Trinajstić information content (AvgIpc) is 2.19. The summed E-state index contributed by atoms with van der Waals surface area (Å²) in [4.78, 5) is 0. The molecule has 64 valence electrons. The maximum Gasteiger partial charge on any atom is 0.140 e. The SMILES string of the molecule is Bc1c(CC)ccc2ccccc12. The first-order chi connectivity index (χ1) is 6.33. The van der Waals surface area contributed by atoms with Crippen LogP contribution in [0.3, 0.4) is 0 Å². The van der Waals surface area contributed by atoms with Crippen LogP contribution in [0.2, 0.25) is 0 Å². The molecule has 0 nitrogen and oxygen atoms in total. The van der Waals surface area contributed by atoms with Gasteiger partial charge in [0.2, 0.25) is 0 Å². The lowest BCUT2D eigenvalue weighted by atomic mass is 9.84. The zero-order chi connectivity index (χ0) is 9.26. The number of aryl methyl sites for hydroxylation is 1. The van der Waals surface area contributed by atoms with Crippen molar-refractivity contribution >= 4 is 24.1 Å². The molecule has 0 fully saturated rings. The first-order valence-electron chi connectivity index (χ1n) is 4.80. The summed E-state index contributed by atoms with van der Waals surface area (Å²) < 4.78 is 0. The highest BCUT2D eigenvalue weighted by molar-refractivity contribution is 6.39. The Morgan fingerprint density at radius 3 is 2.62 bits per heavy atom. The van der Waals surface area contributed by atoms with E-state index < -0.39 is 0 Å². The molecular weight excluding hydrogens is 155 g/mol. The first-order valence-corrected chi connectivity index (χ1v) is 4.80. The molecule has 2 aromatic carbocycles. The van der Waals surface area contributed by atoms with Gasteiger partial charge in [-0.1, -0.05) is 54.3 Å². The summed E-state index contributed by atoms with van der Waals surface area (Å²) in [5, 5.41) is 2.74. The van der Waals surface area contributed by atoms with Gasteiger partial charge in [0.25, 0.3) is 0 Å². The predicted molar refractivity (Wildman–Crippen MR) is 61.5 cm³/mol. The molecule has 0 aliphatic rings. The van der Waals surface area contributed by atoms with Gasteiger partial charge in [0.1, 0.15) is 7.85 Å². The van der Waals surface area contributed by atoms with Crippen LogP contribution in [-0.2, 0) is 6.42 Å². The van der Waals surface area contributed by atoms with Crippen LogP contribution >= 0.6 is 0 Å². The average molecular weight is 168 g/mol. The maximum absolute atomic E-state index is 2.23. The molecular formula is C12H13B. The molecule has 0 heterocycles. The summed E-state index contributed by atoms with van der Waals surface area (Å²) in [6.45, 7) is 2.21. The molecule has 0 atom stereocenters. The fourth-order valence-corrected chi connectivity index (χ4v) is 1.86. The van der Waals surface area contributed by atoms with Crippen LogP contribution in [-0.4, -0.2) is 7.85 Å². The largest absolute Gasteiger partial charge is 0.140 e. The number of hydrogen-bond donors (Lipinski definition) is 0. The van der Waals surface area contributed by atoms with Gasteiger partial charge in [0.05, 0.1) is 0 Å². The standard InChI is InChI=1S/C12H13B/c1-2-9-7-8-10-5-3-4-6-11(10)12(9)13/h3-8H,2,13H2,1H3. The Morgan fingerprint density at radius 2 is 1.85 bits per heavy atom. The molecule has 2 rings (SSSR count). The van der Waals surface area contributed by atoms with Crippen LogP contribution in [0, 0.1) is 0 Å². The number of rotatable bonds is 1. The van der Waals surface area contributed by atoms with Crippen molar-refractivity contribution in [2.24, 2.45) is 0 Å². The molecule has 0 saturated heterocycles. The van der Waals surface area contributed by atoms with Gasteiger partial charge in [0.15, 0.2) is 0 Å². The molecule has 0 bridgehead atoms. The topological polar surface area (TPSA) is 0 Å². The van der Waals surface area contributed by atoms with Gasteiger partial charge in [0, 0.05) is 0 Å². The third kappa shape index (κ3) is 1.35. The maximum atomic E-state index is 2.23. The Morgan fingerprint density at radius 1 is 1.08 bits per heavy atom. The summed E-state index contributed by atoms with van der Waals surface area (Å²) in [5.41, 5.74) is 2.89. The van der Waals surface area contributed by atoms with E-state index in [4.69, 9.17) is 0 Å². The van der Waals surface area contributed by atoms with Crippen molar-refractivity contribution in [1.29, 1.82) is 0 Å². The van der Waals surface area contributed by atoms with Crippen LogP contribution in [0.1, 0.15) is 12.5 Å². The van der Waals surface area contributed by atoms with Gasteiger partial charge in [-0.25, -0.2) is 0 Å². The van der Waals surface area contributed by atoms with E-state index in [2.05, 4.69) is 51.2 Å². The van der Waals surface area contributed by atoms with Crippen LogP contribution < -0.4 is 5.46 Å². The molecule has 0 amide bonds. The van der Waals surface area contributed by atoms with Crippen LogP contribution in [0.4, 0.5) is 0 Å². The third-order valence-corrected chi connectivity index (χ3v) is 2.69. The van der Waals surface area contributed by atoms with Gasteiger partial charge < -0.3 is 0 Å². The lowest BCUT2D eigenvalue weighted by Crippen LogP contribution is -2.10. The zero-order valence-electron chi connectivity index (χ0n) is 8.17. The van der Waals surface area contributed by atoms with Crippen molar-refractivity contribution in [3.63, 3.8) is 0 Å². The van der Waals surface area contributed by atoms with Gasteiger partial charge >= 0.3 is 0 Å². The normalized spacial score (nSPS) is 10.5. The van der Waals surface area contributed by atoms with Gasteiger partial charge in [-0.05, 0) is 17.2 Å². The second-order valence-corrected chi connectivity index (χ2v) is 3.42. The Hall–Kier alpha value is -1.24. The molecule has 0 spiro atoms. The lowest BCUT2D eigenvalue weighted by molar-refractivity contribution is 1.16. The molecule has 2 aromatic rings. The van der Waals surface area contributed by atoms with Gasteiger partial charge in [-0.3, -0.25) is 0 Å². The molecule has 13 heavy (non-hydrogen) atoms. The van der Waals surface area contributed by atoms with Crippen molar-refractivity contribution in [1.82, 2.24) is 0 Å². The Labute approximate surface area is 80.0 Å². The minimum atomic E-state index is 1.12. The lowest BCUT2D eigenvalue weighted by Gasteiger charge is -2.06. The summed E-state index contributed by atoms with van der Waals surface area (Å²) in [5.74, 6) is 0. The van der Waals surface area contributed by atoms with Crippen molar-refractivity contribution in [2.75, 3.05) is 0 Å². The van der Waals surface area contributed by atoms with Gasteiger partial charge in [-0.2, -0.15) is 0 Å². The Kier molecular flexibility index (Phi) is 2.09. The van der Waals surface area contributed by atoms with E-state index in [1.807, 2.05) is 0 Å². The summed E-state index contributed by atoms with van der Waals surface area (Å²) in [6.07, 6.45) is 1.12. The van der Waals surface area contributed by atoms with Gasteiger partial charge in [-0.15, -0.1) is 0 Å². The minimum absolute atomic E-state index is 1.12. The first kappa shape index (κ1) is 8.37. The molecule has 0 N–H and O–H groups in total. The van der Waals surface area contributed by atoms with E-state index in [9.17, 15) is 0 Å². The van der Waals surface area contributed by atoms with Crippen molar-refractivity contribution in [3.8, 4) is 0 Å². The van der Waals surface area contributed by atoms with E-state index >= 15 is 0 Å². The second kappa shape index (κ2) is 3.25. The third-order valence-electron chi connectivity index (χ3n) is 2.69.